The molecule has 9 heteroatoms. The Bertz CT molecular complexity index is 1450. The first-order chi connectivity index (χ1) is 20.6. The van der Waals surface area contributed by atoms with Crippen LogP contribution in [0.2, 0.25) is 0 Å². The summed E-state index contributed by atoms with van der Waals surface area (Å²) in [6.07, 6.45) is 6.04. The van der Waals surface area contributed by atoms with E-state index in [1.165, 1.54) is 22.7 Å². The lowest BCUT2D eigenvalue weighted by Crippen LogP contribution is -2.29. The van der Waals surface area contributed by atoms with Crippen molar-refractivity contribution >= 4 is 35.5 Å². The quantitative estimate of drug-likeness (QED) is 0.0983. The van der Waals surface area contributed by atoms with Crippen molar-refractivity contribution in [2.24, 2.45) is 0 Å². The number of carbonyl (C=O) groups is 2. The van der Waals surface area contributed by atoms with E-state index in [9.17, 15) is 9.59 Å². The summed E-state index contributed by atoms with van der Waals surface area (Å²) in [6, 6.07) is 27.7. The number of rotatable bonds is 15. The number of anilines is 1. The van der Waals surface area contributed by atoms with Crippen molar-refractivity contribution in [2.45, 2.75) is 23.5 Å². The fourth-order valence-corrected chi connectivity index (χ4v) is 4.74. The van der Waals surface area contributed by atoms with Crippen LogP contribution in [0.5, 0.6) is 5.75 Å². The number of carbonyl (C=O) groups excluding carboxylic acids is 2. The zero-order valence-electron chi connectivity index (χ0n) is 23.6. The maximum Gasteiger partial charge on any atom is 0.252 e. The summed E-state index contributed by atoms with van der Waals surface area (Å²) in [4.78, 5) is 34.9. The van der Waals surface area contributed by atoms with Gasteiger partial charge in [-0.3, -0.25) is 9.59 Å². The van der Waals surface area contributed by atoms with E-state index in [-0.39, 0.29) is 11.8 Å². The number of pyridine rings is 2. The highest BCUT2D eigenvalue weighted by atomic mass is 32.2. The Labute approximate surface area is 251 Å². The van der Waals surface area contributed by atoms with Gasteiger partial charge in [-0.2, -0.15) is 0 Å². The molecule has 0 bridgehead atoms. The molecule has 0 saturated carbocycles. The molecule has 0 spiro atoms. The van der Waals surface area contributed by atoms with Gasteiger partial charge in [-0.25, -0.2) is 9.97 Å². The maximum atomic E-state index is 12.5. The molecule has 0 fully saturated rings. The standard InChI is InChI=1S/C33H35N5O3S/c1-34-31-17-13-26(23-37-31)33(40)36-21-8-20-35-32(39)18-15-29-30(41-22-19-25-9-4-2-5-10-25)16-14-27(38-29)24-42-28-11-6-3-7-12-28/h2-7,9-18,23H,8,19-22,24H2,1H3,(H,34,37)(H,35,39)(H,36,40)/b18-15+. The van der Waals surface area contributed by atoms with Crippen LogP contribution in [-0.2, 0) is 17.0 Å². The lowest BCUT2D eigenvalue weighted by atomic mass is 10.2. The highest BCUT2D eigenvalue weighted by molar-refractivity contribution is 7.98. The van der Waals surface area contributed by atoms with Gasteiger partial charge in [0.05, 0.1) is 17.9 Å². The molecular formula is C33H35N5O3S. The topological polar surface area (TPSA) is 105 Å². The second-order valence-electron chi connectivity index (χ2n) is 9.29. The van der Waals surface area contributed by atoms with E-state index in [1.807, 2.05) is 48.5 Å². The molecule has 3 N–H and O–H groups in total. The molecule has 0 saturated heterocycles. The van der Waals surface area contributed by atoms with Crippen molar-refractivity contribution in [1.82, 2.24) is 20.6 Å². The van der Waals surface area contributed by atoms with Gasteiger partial charge in [0.1, 0.15) is 17.3 Å². The van der Waals surface area contributed by atoms with E-state index in [0.717, 1.165) is 12.1 Å². The van der Waals surface area contributed by atoms with E-state index in [4.69, 9.17) is 9.72 Å². The van der Waals surface area contributed by atoms with E-state index < -0.39 is 0 Å². The van der Waals surface area contributed by atoms with Crippen molar-refractivity contribution in [3.05, 3.63) is 120 Å². The molecule has 2 aromatic heterocycles. The number of aromatic nitrogens is 2. The molecule has 8 nitrogen and oxygen atoms in total. The average Bonchev–Trinajstić information content (AvgIpc) is 3.04. The molecule has 0 atom stereocenters. The summed E-state index contributed by atoms with van der Waals surface area (Å²) in [5.41, 5.74) is 3.18. The Morgan fingerprint density at radius 1 is 0.905 bits per heavy atom. The zero-order chi connectivity index (χ0) is 29.4. The Hall–Kier alpha value is -4.63. The second-order valence-corrected chi connectivity index (χ2v) is 10.3. The second kappa shape index (κ2) is 16.6. The molecule has 2 heterocycles. The molecule has 4 aromatic rings. The van der Waals surface area contributed by atoms with E-state index in [2.05, 4.69) is 45.2 Å². The highest BCUT2D eigenvalue weighted by Gasteiger charge is 2.08. The van der Waals surface area contributed by atoms with Gasteiger partial charge in [-0.05, 0) is 54.5 Å². The molecule has 0 aliphatic heterocycles. The highest BCUT2D eigenvalue weighted by Crippen LogP contribution is 2.25. The third-order valence-corrected chi connectivity index (χ3v) is 7.22. The molecule has 4 rings (SSSR count). The van der Waals surface area contributed by atoms with Crippen molar-refractivity contribution in [1.29, 1.82) is 0 Å². The van der Waals surface area contributed by atoms with Crippen LogP contribution < -0.4 is 20.7 Å². The predicted octanol–water partition coefficient (Wildman–Crippen LogP) is 5.38. The lowest BCUT2D eigenvalue weighted by molar-refractivity contribution is -0.116. The van der Waals surface area contributed by atoms with Crippen LogP contribution in [0, 0.1) is 0 Å². The number of amides is 2. The van der Waals surface area contributed by atoms with E-state index in [1.54, 1.807) is 37.0 Å². The Kier molecular flexibility index (Phi) is 12.0. The molecule has 2 amide bonds. The number of thioether (sulfide) groups is 1. The van der Waals surface area contributed by atoms with Gasteiger partial charge in [0.15, 0.2) is 0 Å². The lowest BCUT2D eigenvalue weighted by Gasteiger charge is -2.11. The smallest absolute Gasteiger partial charge is 0.252 e. The average molecular weight is 582 g/mol. The fraction of sp³-hybridized carbons (Fsp3) is 0.212. The fourth-order valence-electron chi connectivity index (χ4n) is 3.92. The van der Waals surface area contributed by atoms with Crippen LogP contribution in [0.25, 0.3) is 6.08 Å². The van der Waals surface area contributed by atoms with Crippen molar-refractivity contribution in [2.75, 3.05) is 32.1 Å². The predicted molar refractivity (Wildman–Crippen MR) is 169 cm³/mol. The largest absolute Gasteiger partial charge is 0.491 e. The van der Waals surface area contributed by atoms with Crippen molar-refractivity contribution in [3.8, 4) is 5.75 Å². The van der Waals surface area contributed by atoms with Crippen LogP contribution in [0.1, 0.15) is 33.7 Å². The Morgan fingerprint density at radius 3 is 2.40 bits per heavy atom. The molecular weight excluding hydrogens is 546 g/mol. The summed E-state index contributed by atoms with van der Waals surface area (Å²) in [6.45, 7) is 1.35. The monoisotopic (exact) mass is 581 g/mol. The first-order valence-corrected chi connectivity index (χ1v) is 14.8. The van der Waals surface area contributed by atoms with Crippen LogP contribution >= 0.6 is 11.8 Å². The summed E-state index contributed by atoms with van der Waals surface area (Å²) < 4.78 is 6.08. The number of hydrogen-bond acceptors (Lipinski definition) is 7. The van der Waals surface area contributed by atoms with Gasteiger partial charge < -0.3 is 20.7 Å². The van der Waals surface area contributed by atoms with Gasteiger partial charge in [0, 0.05) is 49.5 Å². The number of hydrogen-bond donors (Lipinski definition) is 3. The maximum absolute atomic E-state index is 12.5. The van der Waals surface area contributed by atoms with Crippen LogP contribution in [0.3, 0.4) is 0 Å². The molecule has 42 heavy (non-hydrogen) atoms. The summed E-state index contributed by atoms with van der Waals surface area (Å²) in [5, 5.41) is 8.61. The minimum absolute atomic E-state index is 0.201. The third-order valence-electron chi connectivity index (χ3n) is 6.18. The SMILES string of the molecule is CNc1ccc(C(=O)NCCCNC(=O)/C=C/c2nc(CSc3ccccc3)ccc2OCCc2ccccc2)cn1. The van der Waals surface area contributed by atoms with Gasteiger partial charge in [-0.15, -0.1) is 11.8 Å². The minimum atomic E-state index is -0.241. The van der Waals surface area contributed by atoms with Gasteiger partial charge in [0.25, 0.3) is 5.91 Å². The molecule has 0 radical (unpaired) electrons. The van der Waals surface area contributed by atoms with Gasteiger partial charge >= 0.3 is 0 Å². The molecule has 216 valence electrons. The Balaban J connectivity index is 1.29. The molecule has 2 aromatic carbocycles. The Morgan fingerprint density at radius 2 is 1.67 bits per heavy atom. The minimum Gasteiger partial charge on any atom is -0.491 e. The third kappa shape index (κ3) is 10.1. The molecule has 0 aliphatic rings. The number of benzene rings is 2. The first-order valence-electron chi connectivity index (χ1n) is 13.8. The zero-order valence-corrected chi connectivity index (χ0v) is 24.4. The number of ether oxygens (including phenoxy) is 1. The van der Waals surface area contributed by atoms with E-state index in [0.29, 0.717) is 54.7 Å². The van der Waals surface area contributed by atoms with E-state index >= 15 is 0 Å². The molecule has 0 aliphatic carbocycles. The summed E-state index contributed by atoms with van der Waals surface area (Å²) in [5.74, 6) is 1.58. The summed E-state index contributed by atoms with van der Waals surface area (Å²) in [7, 11) is 1.77. The van der Waals surface area contributed by atoms with Crippen LogP contribution in [0.4, 0.5) is 5.82 Å². The number of nitrogens with one attached hydrogen (secondary N) is 3. The summed E-state index contributed by atoms with van der Waals surface area (Å²) >= 11 is 1.70. The van der Waals surface area contributed by atoms with Gasteiger partial charge in [0.2, 0.25) is 5.91 Å². The van der Waals surface area contributed by atoms with Crippen molar-refractivity contribution < 1.29 is 14.3 Å². The molecule has 0 unspecified atom stereocenters. The first kappa shape index (κ1) is 30.3. The normalized spacial score (nSPS) is 10.8. The number of nitrogens with zero attached hydrogens (tertiary/aromatic N) is 2. The van der Waals surface area contributed by atoms with Crippen LogP contribution in [-0.4, -0.2) is 48.5 Å². The van der Waals surface area contributed by atoms with Gasteiger partial charge in [-0.1, -0.05) is 48.5 Å². The van der Waals surface area contributed by atoms with Crippen LogP contribution in [0.15, 0.2) is 102 Å². The van der Waals surface area contributed by atoms with Crippen molar-refractivity contribution in [3.63, 3.8) is 0 Å².